The molecule has 3 N–H and O–H groups in total. The second-order valence-corrected chi connectivity index (χ2v) is 5.21. The third-order valence-electron chi connectivity index (χ3n) is 3.43. The van der Waals surface area contributed by atoms with Crippen molar-refractivity contribution in [3.8, 4) is 0 Å². The number of benzene rings is 1. The average Bonchev–Trinajstić information content (AvgIpc) is 2.89. The van der Waals surface area contributed by atoms with E-state index in [9.17, 15) is 14.7 Å². The Labute approximate surface area is 122 Å². The molecule has 2 rings (SSSR count). The van der Waals surface area contributed by atoms with Crippen LogP contribution in [-0.4, -0.2) is 50.0 Å². The van der Waals surface area contributed by atoms with E-state index in [0.717, 1.165) is 5.69 Å². The topological polar surface area (TPSA) is 90.9 Å². The molecule has 0 spiro atoms. The highest BCUT2D eigenvalue weighted by Gasteiger charge is 2.44. The first-order chi connectivity index (χ1) is 9.93. The van der Waals surface area contributed by atoms with E-state index in [4.69, 9.17) is 4.74 Å². The molecule has 1 aromatic rings. The number of aliphatic carboxylic acids is 1. The van der Waals surface area contributed by atoms with E-state index in [0.29, 0.717) is 12.3 Å². The highest BCUT2D eigenvalue weighted by molar-refractivity contribution is 5.94. The molecular formula is C14H19N3O4. The normalized spacial score (nSPS) is 20.9. The summed E-state index contributed by atoms with van der Waals surface area (Å²) >= 11 is 0. The Morgan fingerprint density at radius 3 is 2.43 bits per heavy atom. The quantitative estimate of drug-likeness (QED) is 0.774. The third-order valence-corrected chi connectivity index (χ3v) is 3.43. The number of ether oxygens (including phenoxy) is 1. The standard InChI is InChI=1S/C14H19N3O4/c1-17(2)11-5-3-10(4-6-11)15-13(20)16-14(12(18)19)7-8-21-9-14/h3-6H,7-9H2,1-2H3,(H,18,19)(H2,15,16,20). The van der Waals surface area contributed by atoms with Gasteiger partial charge in [-0.3, -0.25) is 0 Å². The molecule has 7 heteroatoms. The van der Waals surface area contributed by atoms with Crippen molar-refractivity contribution in [2.45, 2.75) is 12.0 Å². The van der Waals surface area contributed by atoms with Gasteiger partial charge in [0.25, 0.3) is 0 Å². The van der Waals surface area contributed by atoms with Gasteiger partial charge in [-0.25, -0.2) is 9.59 Å². The van der Waals surface area contributed by atoms with Gasteiger partial charge < -0.3 is 25.4 Å². The Morgan fingerprint density at radius 1 is 1.29 bits per heavy atom. The summed E-state index contributed by atoms with van der Waals surface area (Å²) in [7, 11) is 3.84. The Kier molecular flexibility index (Phi) is 4.32. The van der Waals surface area contributed by atoms with E-state index in [1.165, 1.54) is 0 Å². The van der Waals surface area contributed by atoms with Crippen LogP contribution in [0.25, 0.3) is 0 Å². The van der Waals surface area contributed by atoms with Gasteiger partial charge in [0.2, 0.25) is 0 Å². The number of carboxylic acids is 1. The number of nitrogens with zero attached hydrogens (tertiary/aromatic N) is 1. The number of carbonyl (C=O) groups is 2. The summed E-state index contributed by atoms with van der Waals surface area (Å²) in [5.41, 5.74) is 0.262. The maximum Gasteiger partial charge on any atom is 0.332 e. The molecule has 21 heavy (non-hydrogen) atoms. The SMILES string of the molecule is CN(C)c1ccc(NC(=O)NC2(C(=O)O)CCOC2)cc1. The smallest absolute Gasteiger partial charge is 0.332 e. The van der Waals surface area contributed by atoms with Crippen LogP contribution in [0.5, 0.6) is 0 Å². The molecule has 1 saturated heterocycles. The molecule has 1 aliphatic heterocycles. The van der Waals surface area contributed by atoms with Crippen LogP contribution >= 0.6 is 0 Å². The van der Waals surface area contributed by atoms with Crippen molar-refractivity contribution in [1.82, 2.24) is 5.32 Å². The number of urea groups is 1. The fourth-order valence-corrected chi connectivity index (χ4v) is 2.11. The average molecular weight is 293 g/mol. The number of rotatable bonds is 4. The predicted molar refractivity (Wildman–Crippen MR) is 78.7 cm³/mol. The zero-order valence-electron chi connectivity index (χ0n) is 12.0. The van der Waals surface area contributed by atoms with Gasteiger partial charge in [-0.15, -0.1) is 0 Å². The van der Waals surface area contributed by atoms with Gasteiger partial charge in [0.05, 0.1) is 6.61 Å². The molecule has 1 aliphatic rings. The summed E-state index contributed by atoms with van der Waals surface area (Å²) in [6.45, 7) is 0.305. The van der Waals surface area contributed by atoms with E-state index in [-0.39, 0.29) is 13.0 Å². The summed E-state index contributed by atoms with van der Waals surface area (Å²) in [5.74, 6) is -1.09. The molecule has 114 valence electrons. The molecule has 0 saturated carbocycles. The molecule has 1 fully saturated rings. The van der Waals surface area contributed by atoms with E-state index < -0.39 is 17.5 Å². The molecular weight excluding hydrogens is 274 g/mol. The number of hydrogen-bond acceptors (Lipinski definition) is 4. The molecule has 1 unspecified atom stereocenters. The zero-order valence-corrected chi connectivity index (χ0v) is 12.0. The van der Waals surface area contributed by atoms with Crippen molar-refractivity contribution >= 4 is 23.4 Å². The molecule has 0 aromatic heterocycles. The van der Waals surface area contributed by atoms with Crippen LogP contribution in [0.1, 0.15) is 6.42 Å². The minimum absolute atomic E-state index is 0.0185. The first kappa shape index (κ1) is 15.1. The van der Waals surface area contributed by atoms with Crippen LogP contribution in [-0.2, 0) is 9.53 Å². The molecule has 1 atom stereocenters. The summed E-state index contributed by atoms with van der Waals surface area (Å²) in [6, 6.07) is 6.68. The second-order valence-electron chi connectivity index (χ2n) is 5.21. The molecule has 0 bridgehead atoms. The van der Waals surface area contributed by atoms with Crippen molar-refractivity contribution < 1.29 is 19.4 Å². The minimum Gasteiger partial charge on any atom is -0.479 e. The molecule has 0 radical (unpaired) electrons. The van der Waals surface area contributed by atoms with Crippen LogP contribution in [0, 0.1) is 0 Å². The van der Waals surface area contributed by atoms with Crippen LogP contribution in [0.3, 0.4) is 0 Å². The number of nitrogens with one attached hydrogen (secondary N) is 2. The van der Waals surface area contributed by atoms with Crippen LogP contribution in [0.2, 0.25) is 0 Å². The molecule has 0 aliphatic carbocycles. The van der Waals surface area contributed by atoms with Crippen molar-refractivity contribution in [2.75, 3.05) is 37.5 Å². The Balaban J connectivity index is 1.99. The number of anilines is 2. The number of amides is 2. The van der Waals surface area contributed by atoms with Crippen molar-refractivity contribution in [2.24, 2.45) is 0 Å². The second kappa shape index (κ2) is 6.01. The maximum absolute atomic E-state index is 11.9. The lowest BCUT2D eigenvalue weighted by molar-refractivity contribution is -0.144. The predicted octanol–water partition coefficient (Wildman–Crippen LogP) is 1.12. The lowest BCUT2D eigenvalue weighted by Crippen LogP contribution is -2.56. The number of carbonyl (C=O) groups excluding carboxylic acids is 1. The first-order valence-electron chi connectivity index (χ1n) is 6.61. The van der Waals surface area contributed by atoms with Crippen molar-refractivity contribution in [3.63, 3.8) is 0 Å². The fourth-order valence-electron chi connectivity index (χ4n) is 2.11. The summed E-state index contributed by atoms with van der Waals surface area (Å²) in [6.07, 6.45) is 0.259. The number of carboxylic acid groups (broad SMARTS) is 1. The van der Waals surface area contributed by atoms with E-state index in [1.807, 2.05) is 31.1 Å². The van der Waals surface area contributed by atoms with Gasteiger partial charge in [0, 0.05) is 38.5 Å². The van der Waals surface area contributed by atoms with E-state index in [2.05, 4.69) is 10.6 Å². The Bertz CT molecular complexity index is 522. The lowest BCUT2D eigenvalue weighted by atomic mass is 9.99. The molecule has 2 amide bonds. The third kappa shape index (κ3) is 3.43. The summed E-state index contributed by atoms with van der Waals surface area (Å²) < 4.78 is 5.09. The largest absolute Gasteiger partial charge is 0.479 e. The van der Waals surface area contributed by atoms with Gasteiger partial charge in [-0.05, 0) is 24.3 Å². The van der Waals surface area contributed by atoms with Gasteiger partial charge in [-0.2, -0.15) is 0 Å². The monoisotopic (exact) mass is 293 g/mol. The van der Waals surface area contributed by atoms with E-state index in [1.54, 1.807) is 12.1 Å². The Morgan fingerprint density at radius 2 is 1.95 bits per heavy atom. The summed E-state index contributed by atoms with van der Waals surface area (Å²) in [5, 5.41) is 14.4. The van der Waals surface area contributed by atoms with Gasteiger partial charge in [0.15, 0.2) is 5.54 Å². The van der Waals surface area contributed by atoms with Crippen LogP contribution in [0.15, 0.2) is 24.3 Å². The van der Waals surface area contributed by atoms with Gasteiger partial charge in [0.1, 0.15) is 0 Å². The van der Waals surface area contributed by atoms with Gasteiger partial charge >= 0.3 is 12.0 Å². The van der Waals surface area contributed by atoms with Gasteiger partial charge in [-0.1, -0.05) is 0 Å². The first-order valence-corrected chi connectivity index (χ1v) is 6.61. The summed E-state index contributed by atoms with van der Waals surface area (Å²) in [4.78, 5) is 25.2. The molecule has 7 nitrogen and oxygen atoms in total. The van der Waals surface area contributed by atoms with Crippen molar-refractivity contribution in [3.05, 3.63) is 24.3 Å². The van der Waals surface area contributed by atoms with Crippen LogP contribution < -0.4 is 15.5 Å². The van der Waals surface area contributed by atoms with Crippen LogP contribution in [0.4, 0.5) is 16.2 Å². The maximum atomic E-state index is 11.9. The highest BCUT2D eigenvalue weighted by Crippen LogP contribution is 2.20. The highest BCUT2D eigenvalue weighted by atomic mass is 16.5. The minimum atomic E-state index is -1.34. The van der Waals surface area contributed by atoms with E-state index >= 15 is 0 Å². The zero-order chi connectivity index (χ0) is 15.5. The fraction of sp³-hybridized carbons (Fsp3) is 0.429. The molecule has 1 heterocycles. The Hall–Kier alpha value is -2.28. The lowest BCUT2D eigenvalue weighted by Gasteiger charge is -2.23. The molecule has 1 aromatic carbocycles. The van der Waals surface area contributed by atoms with Crippen molar-refractivity contribution in [1.29, 1.82) is 0 Å². The number of hydrogen-bond donors (Lipinski definition) is 3.